The highest BCUT2D eigenvalue weighted by Gasteiger charge is 2.46. The molecule has 1 aromatic carbocycles. The molecule has 2 amide bonds. The molecule has 0 atom stereocenters. The average molecular weight is 282 g/mol. The number of nitrogens with zero attached hydrogens (tertiary/aromatic N) is 1. The molecule has 1 fully saturated rings. The highest BCUT2D eigenvalue weighted by molar-refractivity contribution is 6.02. The maximum Gasteiger partial charge on any atom is 0.282 e. The molecule has 1 heterocycles. The zero-order valence-corrected chi connectivity index (χ0v) is 10.4. The van der Waals surface area contributed by atoms with Crippen LogP contribution in [0.4, 0.5) is 14.5 Å². The molecule has 20 heavy (non-hydrogen) atoms. The molecule has 0 aliphatic carbocycles. The van der Waals surface area contributed by atoms with Crippen LogP contribution in [0.25, 0.3) is 0 Å². The van der Waals surface area contributed by atoms with Crippen molar-refractivity contribution in [2.45, 2.75) is 5.92 Å². The van der Waals surface area contributed by atoms with Gasteiger partial charge in [-0.2, -0.15) is 0 Å². The molecule has 0 radical (unpaired) electrons. The summed E-state index contributed by atoms with van der Waals surface area (Å²) < 4.78 is 25.4. The number of carbonyl (C=O) groups excluding carboxylic acids is 2. The van der Waals surface area contributed by atoms with Crippen LogP contribution in [0.15, 0.2) is 30.9 Å². The molecule has 0 spiro atoms. The van der Waals surface area contributed by atoms with Crippen LogP contribution in [0.5, 0.6) is 5.75 Å². The van der Waals surface area contributed by atoms with E-state index in [1.165, 1.54) is 18.2 Å². The van der Waals surface area contributed by atoms with Crippen molar-refractivity contribution in [3.63, 3.8) is 0 Å². The van der Waals surface area contributed by atoms with Gasteiger partial charge in [0.1, 0.15) is 5.75 Å². The number of nitrogens with one attached hydrogen (secondary N) is 1. The molecule has 2 N–H and O–H groups in total. The van der Waals surface area contributed by atoms with E-state index in [1.807, 2.05) is 0 Å². The number of phenolic OH excluding ortho intramolecular Hbond substituents is 1. The summed E-state index contributed by atoms with van der Waals surface area (Å²) in [5.74, 6) is -4.21. The van der Waals surface area contributed by atoms with Gasteiger partial charge in [-0.25, -0.2) is 8.78 Å². The third-order valence-corrected chi connectivity index (χ3v) is 2.82. The number of hydrogen-bond acceptors (Lipinski definition) is 3. The van der Waals surface area contributed by atoms with Gasteiger partial charge in [0.05, 0.1) is 18.8 Å². The Kier molecular flexibility index (Phi) is 3.44. The lowest BCUT2D eigenvalue weighted by Crippen LogP contribution is -2.58. The number of halogens is 2. The molecular weight excluding hydrogens is 270 g/mol. The summed E-state index contributed by atoms with van der Waals surface area (Å²) >= 11 is 0. The number of likely N-dealkylation sites (tertiary alicyclic amines) is 1. The SMILES string of the molecule is C=CC(=O)Nc1cc(C(=O)N2CC(F)(F)C2)ccc1O. The van der Waals surface area contributed by atoms with Crippen LogP contribution in [0.3, 0.4) is 0 Å². The van der Waals surface area contributed by atoms with Gasteiger partial charge < -0.3 is 15.3 Å². The van der Waals surface area contributed by atoms with E-state index in [4.69, 9.17) is 0 Å². The van der Waals surface area contributed by atoms with Crippen molar-refractivity contribution < 1.29 is 23.5 Å². The first kappa shape index (κ1) is 14.0. The minimum Gasteiger partial charge on any atom is -0.506 e. The molecule has 1 saturated heterocycles. The fourth-order valence-electron chi connectivity index (χ4n) is 1.79. The average Bonchev–Trinajstić information content (AvgIpc) is 2.37. The van der Waals surface area contributed by atoms with Crippen LogP contribution in [-0.4, -0.2) is 40.8 Å². The summed E-state index contributed by atoms with van der Waals surface area (Å²) in [7, 11) is 0. The smallest absolute Gasteiger partial charge is 0.282 e. The second-order valence-electron chi connectivity index (χ2n) is 4.44. The van der Waals surface area contributed by atoms with Crippen molar-refractivity contribution in [1.29, 1.82) is 0 Å². The Morgan fingerprint density at radius 1 is 1.40 bits per heavy atom. The maximum absolute atomic E-state index is 12.7. The number of benzene rings is 1. The Labute approximate surface area is 113 Å². The number of aromatic hydroxyl groups is 1. The lowest BCUT2D eigenvalue weighted by molar-refractivity contribution is -0.113. The lowest BCUT2D eigenvalue weighted by atomic mass is 10.1. The number of alkyl halides is 2. The third kappa shape index (κ3) is 2.76. The molecule has 0 bridgehead atoms. The Hall–Kier alpha value is -2.44. The zero-order valence-electron chi connectivity index (χ0n) is 10.4. The van der Waals surface area contributed by atoms with Gasteiger partial charge in [-0.1, -0.05) is 6.58 Å². The van der Waals surface area contributed by atoms with Gasteiger partial charge in [-0.15, -0.1) is 0 Å². The van der Waals surface area contributed by atoms with Crippen molar-refractivity contribution in [3.8, 4) is 5.75 Å². The topological polar surface area (TPSA) is 69.6 Å². The van der Waals surface area contributed by atoms with E-state index in [9.17, 15) is 23.5 Å². The van der Waals surface area contributed by atoms with Gasteiger partial charge in [0, 0.05) is 5.56 Å². The maximum atomic E-state index is 12.7. The molecule has 0 saturated carbocycles. The summed E-state index contributed by atoms with van der Waals surface area (Å²) in [6, 6.07) is 3.75. The second kappa shape index (κ2) is 4.92. The van der Waals surface area contributed by atoms with Crippen molar-refractivity contribution in [2.75, 3.05) is 18.4 Å². The first-order chi connectivity index (χ1) is 9.32. The number of carbonyl (C=O) groups is 2. The molecule has 1 aromatic rings. The Balaban J connectivity index is 2.17. The minimum atomic E-state index is -2.84. The van der Waals surface area contributed by atoms with Gasteiger partial charge in [-0.05, 0) is 24.3 Å². The molecule has 1 aliphatic heterocycles. The Morgan fingerprint density at radius 2 is 2.05 bits per heavy atom. The van der Waals surface area contributed by atoms with E-state index in [-0.39, 0.29) is 17.0 Å². The monoisotopic (exact) mass is 282 g/mol. The van der Waals surface area contributed by atoms with E-state index >= 15 is 0 Å². The third-order valence-electron chi connectivity index (χ3n) is 2.82. The number of hydrogen-bond donors (Lipinski definition) is 2. The van der Waals surface area contributed by atoms with Crippen molar-refractivity contribution >= 4 is 17.5 Å². The molecular formula is C13H12F2N2O3. The summed E-state index contributed by atoms with van der Waals surface area (Å²) in [5, 5.41) is 11.9. The summed E-state index contributed by atoms with van der Waals surface area (Å²) in [6.45, 7) is 2.01. The van der Waals surface area contributed by atoms with E-state index < -0.39 is 30.8 Å². The van der Waals surface area contributed by atoms with Gasteiger partial charge in [-0.3, -0.25) is 9.59 Å². The summed E-state index contributed by atoms with van der Waals surface area (Å²) in [5.41, 5.74) is 0.130. The molecule has 0 unspecified atom stereocenters. The van der Waals surface area contributed by atoms with Crippen LogP contribution in [0, 0.1) is 0 Å². The molecule has 2 rings (SSSR count). The summed E-state index contributed by atoms with van der Waals surface area (Å²) in [4.78, 5) is 24.1. The van der Waals surface area contributed by atoms with Gasteiger partial charge in [0.25, 0.3) is 11.8 Å². The zero-order chi connectivity index (χ0) is 14.9. The van der Waals surface area contributed by atoms with Gasteiger partial charge >= 0.3 is 0 Å². The van der Waals surface area contributed by atoms with Gasteiger partial charge in [0.2, 0.25) is 5.91 Å². The highest BCUT2D eigenvalue weighted by Crippen LogP contribution is 2.30. The molecule has 5 nitrogen and oxygen atoms in total. The number of anilines is 1. The van der Waals surface area contributed by atoms with Crippen LogP contribution in [0.1, 0.15) is 10.4 Å². The van der Waals surface area contributed by atoms with Crippen LogP contribution >= 0.6 is 0 Å². The molecule has 0 aromatic heterocycles. The first-order valence-electron chi connectivity index (χ1n) is 5.76. The van der Waals surface area contributed by atoms with Crippen molar-refractivity contribution in [2.24, 2.45) is 0 Å². The number of amides is 2. The molecule has 1 aliphatic rings. The van der Waals surface area contributed by atoms with Crippen LogP contribution in [0.2, 0.25) is 0 Å². The fourth-order valence-corrected chi connectivity index (χ4v) is 1.79. The van der Waals surface area contributed by atoms with Gasteiger partial charge in [0.15, 0.2) is 0 Å². The normalized spacial score (nSPS) is 16.2. The second-order valence-corrected chi connectivity index (χ2v) is 4.44. The highest BCUT2D eigenvalue weighted by atomic mass is 19.3. The standard InChI is InChI=1S/C13H12F2N2O3/c1-2-11(19)16-9-5-8(3-4-10(9)18)12(20)17-6-13(14,15)7-17/h2-5,18H,1,6-7H2,(H,16,19). The molecule has 106 valence electrons. The van der Waals surface area contributed by atoms with Crippen LogP contribution < -0.4 is 5.32 Å². The van der Waals surface area contributed by atoms with Crippen LogP contribution in [-0.2, 0) is 4.79 Å². The summed E-state index contributed by atoms with van der Waals surface area (Å²) in [6.07, 6.45) is 1.00. The minimum absolute atomic E-state index is 0.0213. The predicted molar refractivity (Wildman–Crippen MR) is 67.8 cm³/mol. The van der Waals surface area contributed by atoms with Crippen molar-refractivity contribution in [1.82, 2.24) is 4.90 Å². The number of rotatable bonds is 3. The fraction of sp³-hybridized carbons (Fsp3) is 0.231. The first-order valence-corrected chi connectivity index (χ1v) is 5.76. The largest absolute Gasteiger partial charge is 0.506 e. The lowest BCUT2D eigenvalue weighted by Gasteiger charge is -2.38. The van der Waals surface area contributed by atoms with E-state index in [1.54, 1.807) is 0 Å². The molecule has 7 heteroatoms. The Bertz CT molecular complexity index is 579. The predicted octanol–water partition coefficient (Wildman–Crippen LogP) is 1.61. The van der Waals surface area contributed by atoms with E-state index in [2.05, 4.69) is 11.9 Å². The number of phenols is 1. The quantitative estimate of drug-likeness (QED) is 0.653. The van der Waals surface area contributed by atoms with E-state index in [0.29, 0.717) is 0 Å². The van der Waals surface area contributed by atoms with Crippen molar-refractivity contribution in [3.05, 3.63) is 36.4 Å². The van der Waals surface area contributed by atoms with E-state index in [0.717, 1.165) is 11.0 Å². The Morgan fingerprint density at radius 3 is 2.60 bits per heavy atom.